The first-order valence-corrected chi connectivity index (χ1v) is 14.5. The van der Waals surface area contributed by atoms with Crippen LogP contribution in [0.15, 0.2) is 47.4 Å². The van der Waals surface area contributed by atoms with Crippen molar-refractivity contribution in [3.63, 3.8) is 0 Å². The predicted octanol–water partition coefficient (Wildman–Crippen LogP) is 2.03. The molecule has 1 aliphatic rings. The van der Waals surface area contributed by atoms with E-state index in [1.165, 1.54) is 36.4 Å². The van der Waals surface area contributed by atoms with Crippen LogP contribution in [-0.2, 0) is 19.6 Å². The fourth-order valence-corrected chi connectivity index (χ4v) is 5.05. The topological polar surface area (TPSA) is 177 Å². The van der Waals surface area contributed by atoms with Gasteiger partial charge in [0.15, 0.2) is 0 Å². The summed E-state index contributed by atoms with van der Waals surface area (Å²) in [4.78, 5) is 49.2. The van der Waals surface area contributed by atoms with Crippen molar-refractivity contribution in [3.05, 3.63) is 57.2 Å². The van der Waals surface area contributed by atoms with Crippen molar-refractivity contribution in [1.29, 1.82) is 0 Å². The van der Waals surface area contributed by atoms with Crippen LogP contribution in [0.2, 0.25) is 0 Å². The van der Waals surface area contributed by atoms with E-state index in [1.807, 2.05) is 22.6 Å². The zero-order chi connectivity index (χ0) is 29.7. The Morgan fingerprint density at radius 3 is 2.10 bits per heavy atom. The van der Waals surface area contributed by atoms with Crippen LogP contribution in [0.3, 0.4) is 0 Å². The summed E-state index contributed by atoms with van der Waals surface area (Å²) in [6.45, 7) is -0.511. The molecule has 1 aliphatic carbocycles. The van der Waals surface area contributed by atoms with Crippen LogP contribution in [-0.4, -0.2) is 56.9 Å². The standard InChI is InChI=1S/C24H25F3IN5O6S/c25-24(26,27)23(37)33-17-10-7-14(28)11-16(17)22(36)30-12-20(34)31-18-3-1-2-4-19(18)32-21(35)13-5-8-15(9-6-13)40(29,38)39/h5-11,18-19H,1-4,12H2,(H,30,36)(H,31,34)(H,32,35)(H,33,37)(H2,29,38,39)/t18-,19+/m1/s1. The average Bonchev–Trinajstić information content (AvgIpc) is 2.88. The van der Waals surface area contributed by atoms with Gasteiger partial charge in [-0.1, -0.05) is 12.8 Å². The smallest absolute Gasteiger partial charge is 0.350 e. The fraction of sp³-hybridized carbons (Fsp3) is 0.333. The van der Waals surface area contributed by atoms with E-state index in [9.17, 15) is 40.8 Å². The second-order valence-electron chi connectivity index (χ2n) is 8.93. The first-order valence-electron chi connectivity index (χ1n) is 11.8. The lowest BCUT2D eigenvalue weighted by molar-refractivity contribution is -0.167. The Kier molecular flexibility index (Phi) is 10.1. The van der Waals surface area contributed by atoms with Gasteiger partial charge in [0.1, 0.15) is 0 Å². The molecule has 216 valence electrons. The molecule has 0 heterocycles. The quantitative estimate of drug-likeness (QED) is 0.264. The molecule has 6 N–H and O–H groups in total. The predicted molar refractivity (Wildman–Crippen MR) is 146 cm³/mol. The molecule has 2 aromatic rings. The number of anilines is 1. The van der Waals surface area contributed by atoms with E-state index in [2.05, 4.69) is 16.0 Å². The van der Waals surface area contributed by atoms with Gasteiger partial charge >= 0.3 is 12.1 Å². The largest absolute Gasteiger partial charge is 0.471 e. The van der Waals surface area contributed by atoms with Gasteiger partial charge in [0, 0.05) is 21.2 Å². The lowest BCUT2D eigenvalue weighted by Gasteiger charge is -2.33. The van der Waals surface area contributed by atoms with E-state index in [0.29, 0.717) is 16.4 Å². The molecule has 0 aliphatic heterocycles. The van der Waals surface area contributed by atoms with Gasteiger partial charge in [-0.05, 0) is 77.9 Å². The number of nitrogens with two attached hydrogens (primary N) is 1. The summed E-state index contributed by atoms with van der Waals surface area (Å²) >= 11 is 1.84. The van der Waals surface area contributed by atoms with Gasteiger partial charge in [-0.15, -0.1) is 0 Å². The highest BCUT2D eigenvalue weighted by atomic mass is 127. The minimum Gasteiger partial charge on any atom is -0.350 e. The maximum Gasteiger partial charge on any atom is 0.471 e. The molecule has 1 fully saturated rings. The van der Waals surface area contributed by atoms with Gasteiger partial charge in [-0.25, -0.2) is 13.6 Å². The number of primary sulfonamides is 1. The second-order valence-corrected chi connectivity index (χ2v) is 11.7. The number of nitrogens with one attached hydrogen (secondary N) is 4. The molecule has 0 spiro atoms. The monoisotopic (exact) mass is 695 g/mol. The Labute approximate surface area is 241 Å². The number of hydrogen-bond donors (Lipinski definition) is 5. The molecular weight excluding hydrogens is 670 g/mol. The second kappa shape index (κ2) is 12.9. The highest BCUT2D eigenvalue weighted by molar-refractivity contribution is 14.1. The van der Waals surface area contributed by atoms with Crippen molar-refractivity contribution in [1.82, 2.24) is 16.0 Å². The number of halogens is 4. The minimum atomic E-state index is -5.16. The maximum atomic E-state index is 12.7. The summed E-state index contributed by atoms with van der Waals surface area (Å²) < 4.78 is 61.4. The third-order valence-corrected chi connectivity index (χ3v) is 7.62. The Hall–Kier alpha value is -3.25. The van der Waals surface area contributed by atoms with E-state index >= 15 is 0 Å². The average molecular weight is 695 g/mol. The number of amides is 4. The first-order chi connectivity index (χ1) is 18.6. The zero-order valence-electron chi connectivity index (χ0n) is 20.7. The Balaban J connectivity index is 1.60. The molecule has 40 heavy (non-hydrogen) atoms. The minimum absolute atomic E-state index is 0.144. The van der Waals surface area contributed by atoms with Gasteiger partial charge < -0.3 is 21.3 Å². The van der Waals surface area contributed by atoms with Crippen LogP contribution in [0.25, 0.3) is 0 Å². The van der Waals surface area contributed by atoms with E-state index in [0.717, 1.165) is 18.9 Å². The van der Waals surface area contributed by atoms with Gasteiger partial charge in [0.05, 0.1) is 22.7 Å². The summed E-state index contributed by atoms with van der Waals surface area (Å²) in [5, 5.41) is 14.6. The van der Waals surface area contributed by atoms with Crippen LogP contribution >= 0.6 is 22.6 Å². The number of benzene rings is 2. The Morgan fingerprint density at radius 1 is 0.925 bits per heavy atom. The number of carbonyl (C=O) groups excluding carboxylic acids is 4. The summed E-state index contributed by atoms with van der Waals surface area (Å²) in [6, 6.07) is 7.96. The molecule has 2 atom stereocenters. The highest BCUT2D eigenvalue weighted by Crippen LogP contribution is 2.23. The van der Waals surface area contributed by atoms with Gasteiger partial charge in [-0.3, -0.25) is 19.2 Å². The molecule has 0 bridgehead atoms. The number of alkyl halides is 3. The van der Waals surface area contributed by atoms with Crippen molar-refractivity contribution >= 4 is 61.9 Å². The molecule has 0 aromatic heterocycles. The van der Waals surface area contributed by atoms with Crippen LogP contribution in [0.1, 0.15) is 46.4 Å². The Bertz CT molecular complexity index is 1400. The maximum absolute atomic E-state index is 12.7. The summed E-state index contributed by atoms with van der Waals surface area (Å²) in [7, 11) is -3.91. The molecule has 0 radical (unpaired) electrons. The molecule has 2 aromatic carbocycles. The first kappa shape index (κ1) is 31.3. The highest BCUT2D eigenvalue weighted by Gasteiger charge is 2.39. The summed E-state index contributed by atoms with van der Waals surface area (Å²) in [6.07, 6.45) is -2.49. The van der Waals surface area contributed by atoms with E-state index < -0.39 is 58.5 Å². The number of carbonyl (C=O) groups is 4. The molecule has 3 rings (SSSR count). The fourth-order valence-electron chi connectivity index (χ4n) is 4.04. The van der Waals surface area contributed by atoms with Crippen molar-refractivity contribution in [2.45, 2.75) is 48.8 Å². The summed E-state index contributed by atoms with van der Waals surface area (Å²) in [5.74, 6) is -4.19. The normalized spacial score (nSPS) is 17.4. The van der Waals surface area contributed by atoms with Crippen LogP contribution < -0.4 is 26.4 Å². The molecule has 4 amide bonds. The number of rotatable bonds is 8. The van der Waals surface area contributed by atoms with Gasteiger partial charge in [0.25, 0.3) is 11.8 Å². The van der Waals surface area contributed by atoms with Gasteiger partial charge in [-0.2, -0.15) is 13.2 Å². The van der Waals surface area contributed by atoms with Crippen molar-refractivity contribution in [2.24, 2.45) is 5.14 Å². The molecule has 0 unspecified atom stereocenters. The van der Waals surface area contributed by atoms with E-state index in [-0.39, 0.29) is 21.7 Å². The Morgan fingerprint density at radius 2 is 1.52 bits per heavy atom. The van der Waals surface area contributed by atoms with Gasteiger partial charge in [0.2, 0.25) is 15.9 Å². The van der Waals surface area contributed by atoms with E-state index in [4.69, 9.17) is 5.14 Å². The van der Waals surface area contributed by atoms with Crippen LogP contribution in [0.4, 0.5) is 18.9 Å². The lowest BCUT2D eigenvalue weighted by atomic mass is 9.90. The molecular formula is C24H25F3IN5O6S. The van der Waals surface area contributed by atoms with Crippen molar-refractivity contribution < 1.29 is 40.8 Å². The molecule has 11 nitrogen and oxygen atoms in total. The molecule has 16 heteroatoms. The molecule has 0 saturated heterocycles. The molecule has 1 saturated carbocycles. The van der Waals surface area contributed by atoms with E-state index in [1.54, 1.807) is 5.32 Å². The number of sulfonamides is 1. The third-order valence-electron chi connectivity index (χ3n) is 6.02. The number of hydrogen-bond acceptors (Lipinski definition) is 6. The lowest BCUT2D eigenvalue weighted by Crippen LogP contribution is -2.54. The van der Waals surface area contributed by atoms with Crippen LogP contribution in [0.5, 0.6) is 0 Å². The SMILES string of the molecule is NS(=O)(=O)c1ccc(C(=O)N[C@H]2CCCC[C@H]2NC(=O)CNC(=O)c2cc(I)ccc2NC(=O)C(F)(F)F)cc1. The van der Waals surface area contributed by atoms with Crippen molar-refractivity contribution in [2.75, 3.05) is 11.9 Å². The third kappa shape index (κ3) is 8.62. The summed E-state index contributed by atoms with van der Waals surface area (Å²) in [5.41, 5.74) is -0.428. The van der Waals surface area contributed by atoms with Crippen molar-refractivity contribution in [3.8, 4) is 0 Å². The van der Waals surface area contributed by atoms with Crippen LogP contribution in [0, 0.1) is 3.57 Å². The zero-order valence-corrected chi connectivity index (χ0v) is 23.7.